The third kappa shape index (κ3) is 4.52. The van der Waals surface area contributed by atoms with Crippen molar-refractivity contribution in [2.45, 2.75) is 53.5 Å². The molecule has 0 unspecified atom stereocenters. The van der Waals surface area contributed by atoms with Gasteiger partial charge in [-0.3, -0.25) is 4.90 Å². The van der Waals surface area contributed by atoms with Crippen LogP contribution in [0.2, 0.25) is 0 Å². The molecule has 0 aliphatic carbocycles. The molecule has 1 aliphatic rings. The van der Waals surface area contributed by atoms with Crippen molar-refractivity contribution in [2.24, 2.45) is 0 Å². The van der Waals surface area contributed by atoms with Gasteiger partial charge in [-0.2, -0.15) is 0 Å². The Balaban J connectivity index is 0.000000956. The van der Waals surface area contributed by atoms with Gasteiger partial charge in [-0.05, 0) is 37.5 Å². The van der Waals surface area contributed by atoms with Gasteiger partial charge in [0.1, 0.15) is 0 Å². The average Bonchev–Trinajstić information content (AvgIpc) is 2.49. The van der Waals surface area contributed by atoms with Gasteiger partial charge in [-0.15, -0.1) is 0 Å². The summed E-state index contributed by atoms with van der Waals surface area (Å²) in [6.45, 7) is 17.7. The van der Waals surface area contributed by atoms with Crippen molar-refractivity contribution >= 4 is 5.69 Å². The van der Waals surface area contributed by atoms with Crippen molar-refractivity contribution in [3.8, 4) is 0 Å². The molecule has 1 aromatic carbocycles. The SMILES string of the molecule is CC.CC(C)c1ccc(N2CCN(C(C)C)CC2)cc1. The third-order valence-corrected chi connectivity index (χ3v) is 3.97. The van der Waals surface area contributed by atoms with Crippen LogP contribution in [-0.4, -0.2) is 37.1 Å². The van der Waals surface area contributed by atoms with E-state index in [9.17, 15) is 0 Å². The molecule has 2 heteroatoms. The van der Waals surface area contributed by atoms with E-state index < -0.39 is 0 Å². The second-order valence-corrected chi connectivity index (χ2v) is 5.86. The van der Waals surface area contributed by atoms with Gasteiger partial charge in [0.2, 0.25) is 0 Å². The van der Waals surface area contributed by atoms with Crippen LogP contribution in [0.15, 0.2) is 24.3 Å². The summed E-state index contributed by atoms with van der Waals surface area (Å²) >= 11 is 0. The third-order valence-electron chi connectivity index (χ3n) is 3.97. The summed E-state index contributed by atoms with van der Waals surface area (Å²) in [4.78, 5) is 5.06. The van der Waals surface area contributed by atoms with Crippen LogP contribution < -0.4 is 4.90 Å². The van der Waals surface area contributed by atoms with Crippen molar-refractivity contribution in [1.29, 1.82) is 0 Å². The van der Waals surface area contributed by atoms with Crippen LogP contribution >= 0.6 is 0 Å². The highest BCUT2D eigenvalue weighted by molar-refractivity contribution is 5.48. The van der Waals surface area contributed by atoms with Crippen molar-refractivity contribution in [2.75, 3.05) is 31.1 Å². The van der Waals surface area contributed by atoms with Crippen LogP contribution in [0.4, 0.5) is 5.69 Å². The Bertz CT molecular complexity index is 360. The van der Waals surface area contributed by atoms with Gasteiger partial charge in [0.15, 0.2) is 0 Å². The molecule has 1 aliphatic heterocycles. The van der Waals surface area contributed by atoms with Crippen molar-refractivity contribution in [3.63, 3.8) is 0 Å². The highest BCUT2D eigenvalue weighted by Gasteiger charge is 2.18. The van der Waals surface area contributed by atoms with Gasteiger partial charge in [0.25, 0.3) is 0 Å². The number of hydrogen-bond donors (Lipinski definition) is 0. The zero-order chi connectivity index (χ0) is 15.1. The number of hydrogen-bond acceptors (Lipinski definition) is 2. The van der Waals surface area contributed by atoms with Crippen molar-refractivity contribution in [1.82, 2.24) is 4.90 Å². The second-order valence-electron chi connectivity index (χ2n) is 5.86. The maximum absolute atomic E-state index is 2.55. The van der Waals surface area contributed by atoms with Crippen LogP contribution in [0.25, 0.3) is 0 Å². The minimum Gasteiger partial charge on any atom is -0.369 e. The second kappa shape index (κ2) is 8.31. The molecule has 1 heterocycles. The summed E-state index contributed by atoms with van der Waals surface area (Å²) < 4.78 is 0. The molecule has 2 nitrogen and oxygen atoms in total. The minimum atomic E-state index is 0.622. The summed E-state index contributed by atoms with van der Waals surface area (Å²) in [5.74, 6) is 0.622. The smallest absolute Gasteiger partial charge is 0.0367 e. The Kier molecular flexibility index (Phi) is 7.08. The fraction of sp³-hybridized carbons (Fsp3) is 0.667. The molecule has 1 aromatic rings. The van der Waals surface area contributed by atoms with E-state index in [1.165, 1.54) is 24.3 Å². The van der Waals surface area contributed by atoms with E-state index in [1.54, 1.807) is 0 Å². The van der Waals surface area contributed by atoms with Gasteiger partial charge < -0.3 is 4.90 Å². The molecular weight excluding hydrogens is 244 g/mol. The molecule has 2 rings (SSSR count). The monoisotopic (exact) mass is 276 g/mol. The number of benzene rings is 1. The molecule has 20 heavy (non-hydrogen) atoms. The molecule has 1 saturated heterocycles. The molecular formula is C18H32N2. The predicted octanol–water partition coefficient (Wildman–Crippen LogP) is 4.37. The molecule has 0 atom stereocenters. The lowest BCUT2D eigenvalue weighted by atomic mass is 10.0. The number of rotatable bonds is 3. The molecule has 0 radical (unpaired) electrons. The summed E-state index contributed by atoms with van der Waals surface area (Å²) in [5.41, 5.74) is 2.81. The first-order chi connectivity index (χ1) is 9.58. The Morgan fingerprint density at radius 1 is 0.800 bits per heavy atom. The van der Waals surface area contributed by atoms with E-state index >= 15 is 0 Å². The topological polar surface area (TPSA) is 6.48 Å². The maximum Gasteiger partial charge on any atom is 0.0367 e. The molecule has 0 aromatic heterocycles. The van der Waals surface area contributed by atoms with Gasteiger partial charge >= 0.3 is 0 Å². The first-order valence-corrected chi connectivity index (χ1v) is 8.17. The largest absolute Gasteiger partial charge is 0.369 e. The Labute approximate surface area is 125 Å². The van der Waals surface area contributed by atoms with E-state index in [4.69, 9.17) is 0 Å². The lowest BCUT2D eigenvalue weighted by molar-refractivity contribution is 0.209. The van der Waals surface area contributed by atoms with Crippen LogP contribution in [0.5, 0.6) is 0 Å². The summed E-state index contributed by atoms with van der Waals surface area (Å²) in [5, 5.41) is 0. The van der Waals surface area contributed by atoms with Gasteiger partial charge in [-0.1, -0.05) is 39.8 Å². The standard InChI is InChI=1S/C16H26N2.C2H6/c1-13(2)15-5-7-16(8-6-15)18-11-9-17(10-12-18)14(3)4;1-2/h5-8,13-14H,9-12H2,1-4H3;1-2H3. The number of piperazine rings is 1. The minimum absolute atomic E-state index is 0.622. The van der Waals surface area contributed by atoms with Crippen LogP contribution in [0, 0.1) is 0 Å². The van der Waals surface area contributed by atoms with Crippen LogP contribution in [0.1, 0.15) is 53.0 Å². The van der Waals surface area contributed by atoms with Gasteiger partial charge in [-0.25, -0.2) is 0 Å². The highest BCUT2D eigenvalue weighted by Crippen LogP contribution is 2.21. The van der Waals surface area contributed by atoms with E-state index in [-0.39, 0.29) is 0 Å². The van der Waals surface area contributed by atoms with Crippen molar-refractivity contribution in [3.05, 3.63) is 29.8 Å². The predicted molar refractivity (Wildman–Crippen MR) is 90.8 cm³/mol. The Morgan fingerprint density at radius 2 is 1.30 bits per heavy atom. The lowest BCUT2D eigenvalue weighted by Crippen LogP contribution is -2.48. The van der Waals surface area contributed by atoms with Crippen LogP contribution in [0.3, 0.4) is 0 Å². The number of nitrogens with zero attached hydrogens (tertiary/aromatic N) is 2. The van der Waals surface area contributed by atoms with E-state index in [0.717, 1.165) is 13.1 Å². The molecule has 0 saturated carbocycles. The Morgan fingerprint density at radius 3 is 1.70 bits per heavy atom. The first kappa shape index (κ1) is 17.0. The summed E-state index contributed by atoms with van der Waals surface area (Å²) in [7, 11) is 0. The highest BCUT2D eigenvalue weighted by atomic mass is 15.3. The average molecular weight is 276 g/mol. The molecule has 1 fully saturated rings. The van der Waals surface area contributed by atoms with Gasteiger partial charge in [0, 0.05) is 37.9 Å². The molecule has 0 bridgehead atoms. The van der Waals surface area contributed by atoms with E-state index in [1.807, 2.05) is 13.8 Å². The maximum atomic E-state index is 2.55. The molecule has 114 valence electrons. The molecule has 0 spiro atoms. The molecule has 0 N–H and O–H groups in total. The summed E-state index contributed by atoms with van der Waals surface area (Å²) in [6, 6.07) is 9.78. The fourth-order valence-electron chi connectivity index (χ4n) is 2.57. The Hall–Kier alpha value is -1.02. The lowest BCUT2D eigenvalue weighted by Gasteiger charge is -2.38. The van der Waals surface area contributed by atoms with Gasteiger partial charge in [0.05, 0.1) is 0 Å². The van der Waals surface area contributed by atoms with E-state index in [2.05, 4.69) is 61.8 Å². The number of anilines is 1. The zero-order valence-electron chi connectivity index (χ0n) is 14.2. The van der Waals surface area contributed by atoms with Crippen LogP contribution in [-0.2, 0) is 0 Å². The zero-order valence-corrected chi connectivity index (χ0v) is 14.2. The quantitative estimate of drug-likeness (QED) is 0.809. The fourth-order valence-corrected chi connectivity index (χ4v) is 2.57. The first-order valence-electron chi connectivity index (χ1n) is 8.17. The van der Waals surface area contributed by atoms with Crippen molar-refractivity contribution < 1.29 is 0 Å². The van der Waals surface area contributed by atoms with E-state index in [0.29, 0.717) is 12.0 Å². The normalized spacial score (nSPS) is 16.3. The molecule has 0 amide bonds. The summed E-state index contributed by atoms with van der Waals surface area (Å²) in [6.07, 6.45) is 0.